The van der Waals surface area contributed by atoms with Crippen LogP contribution in [0, 0.1) is 0 Å². The van der Waals surface area contributed by atoms with Crippen molar-refractivity contribution in [3.63, 3.8) is 0 Å². The molecule has 0 radical (unpaired) electrons. The zero-order chi connectivity index (χ0) is 47.4. The summed E-state index contributed by atoms with van der Waals surface area (Å²) in [5.41, 5.74) is 23.8. The molecule has 71 heavy (non-hydrogen) atoms. The van der Waals surface area contributed by atoms with Gasteiger partial charge in [-0.3, -0.25) is 0 Å². The van der Waals surface area contributed by atoms with E-state index in [1.54, 1.807) is 0 Å². The van der Waals surface area contributed by atoms with Gasteiger partial charge in [-0.05, 0) is 150 Å². The lowest BCUT2D eigenvalue weighted by atomic mass is 9.74. The summed E-state index contributed by atoms with van der Waals surface area (Å²) < 4.78 is 6.68. The molecule has 0 spiro atoms. The number of benzene rings is 11. The van der Waals surface area contributed by atoms with Crippen LogP contribution >= 0.6 is 0 Å². The van der Waals surface area contributed by atoms with Gasteiger partial charge in [0.2, 0.25) is 0 Å². The first-order chi connectivity index (χ1) is 34.8. The quantitative estimate of drug-likeness (QED) is 0.158. The minimum absolute atomic E-state index is 0.147. The van der Waals surface area contributed by atoms with E-state index in [1.165, 1.54) is 77.7 Å². The molecule has 2 nitrogen and oxygen atoms in total. The fourth-order valence-corrected chi connectivity index (χ4v) is 12.5. The third kappa shape index (κ3) is 6.21. The van der Waals surface area contributed by atoms with Gasteiger partial charge in [0, 0.05) is 44.1 Å². The van der Waals surface area contributed by atoms with Crippen molar-refractivity contribution in [2.24, 2.45) is 0 Å². The normalized spacial score (nSPS) is 15.1. The van der Waals surface area contributed by atoms with Crippen molar-refractivity contribution >= 4 is 49.8 Å². The Morgan fingerprint density at radius 1 is 0.352 bits per heavy atom. The monoisotopic (exact) mass is 907 g/mol. The largest absolute Gasteiger partial charge is 0.455 e. The van der Waals surface area contributed by atoms with Gasteiger partial charge < -0.3 is 9.32 Å². The molecule has 336 valence electrons. The molecule has 14 rings (SSSR count). The average molecular weight is 908 g/mol. The minimum atomic E-state index is -0.270. The topological polar surface area (TPSA) is 16.4 Å². The van der Waals surface area contributed by atoms with Crippen LogP contribution in [0.4, 0.5) is 17.1 Å². The Morgan fingerprint density at radius 2 is 0.944 bits per heavy atom. The van der Waals surface area contributed by atoms with Crippen molar-refractivity contribution < 1.29 is 4.42 Å². The van der Waals surface area contributed by atoms with E-state index in [2.05, 4.69) is 268 Å². The molecule has 0 amide bonds. The predicted molar refractivity (Wildman–Crippen MR) is 297 cm³/mol. The summed E-state index contributed by atoms with van der Waals surface area (Å²) in [6, 6.07) is 89.4. The summed E-state index contributed by atoms with van der Waals surface area (Å²) in [5.74, 6) is 0. The van der Waals surface area contributed by atoms with Crippen molar-refractivity contribution in [1.82, 2.24) is 0 Å². The van der Waals surface area contributed by atoms with Crippen LogP contribution in [0.1, 0.15) is 48.6 Å². The number of hydrogen-bond donors (Lipinski definition) is 0. The number of hydrogen-bond acceptors (Lipinski definition) is 2. The Balaban J connectivity index is 0.912. The van der Waals surface area contributed by atoms with E-state index in [-0.39, 0.29) is 10.8 Å². The van der Waals surface area contributed by atoms with Gasteiger partial charge in [-0.25, -0.2) is 0 Å². The smallest absolute Gasteiger partial charge is 0.143 e. The fraction of sp³-hybridized carbons (Fsp3) is 0.0725. The fourth-order valence-electron chi connectivity index (χ4n) is 12.5. The lowest BCUT2D eigenvalue weighted by Gasteiger charge is -2.29. The molecule has 0 fully saturated rings. The third-order valence-corrected chi connectivity index (χ3v) is 15.9. The highest BCUT2D eigenvalue weighted by Crippen LogP contribution is 2.55. The zero-order valence-corrected chi connectivity index (χ0v) is 39.9. The molecule has 0 N–H and O–H groups in total. The second-order valence-corrected chi connectivity index (χ2v) is 20.1. The highest BCUT2D eigenvalue weighted by Gasteiger charge is 2.41. The third-order valence-electron chi connectivity index (χ3n) is 15.9. The molecule has 0 saturated heterocycles. The van der Waals surface area contributed by atoms with E-state index in [4.69, 9.17) is 4.42 Å². The first-order valence-electron chi connectivity index (χ1n) is 24.8. The molecule has 12 aromatic rings. The molecule has 0 bridgehead atoms. The second-order valence-electron chi connectivity index (χ2n) is 20.1. The van der Waals surface area contributed by atoms with E-state index < -0.39 is 0 Å². The summed E-state index contributed by atoms with van der Waals surface area (Å²) in [5, 5.41) is 4.56. The lowest BCUT2D eigenvalue weighted by Crippen LogP contribution is -2.22. The van der Waals surface area contributed by atoms with Crippen molar-refractivity contribution in [1.29, 1.82) is 0 Å². The van der Waals surface area contributed by atoms with Crippen LogP contribution < -0.4 is 4.90 Å². The average Bonchev–Trinajstić information content (AvgIpc) is 4.03. The molecule has 1 heterocycles. The molecule has 0 saturated carbocycles. The van der Waals surface area contributed by atoms with Crippen LogP contribution in [0.25, 0.3) is 88.3 Å². The zero-order valence-electron chi connectivity index (χ0n) is 39.9. The van der Waals surface area contributed by atoms with Gasteiger partial charge in [-0.1, -0.05) is 202 Å². The molecule has 2 aliphatic carbocycles. The Hall–Kier alpha value is -8.72. The molecule has 1 aromatic heterocycles. The molecule has 11 aromatic carbocycles. The number of anilines is 3. The van der Waals surface area contributed by atoms with Gasteiger partial charge in [-0.15, -0.1) is 0 Å². The Labute approximate surface area is 414 Å². The molecule has 0 aliphatic heterocycles. The summed E-state index contributed by atoms with van der Waals surface area (Å²) in [4.78, 5) is 2.42. The van der Waals surface area contributed by atoms with Crippen LogP contribution in [0.15, 0.2) is 247 Å². The molecule has 2 heteroatoms. The summed E-state index contributed by atoms with van der Waals surface area (Å²) in [6.45, 7) is 7.14. The number of fused-ring (bicyclic) bond motifs is 11. The Bertz CT molecular complexity index is 4100. The first-order valence-corrected chi connectivity index (χ1v) is 24.8. The lowest BCUT2D eigenvalue weighted by molar-refractivity contribution is 0.662. The van der Waals surface area contributed by atoms with Crippen LogP contribution in [-0.4, -0.2) is 0 Å². The van der Waals surface area contributed by atoms with Crippen LogP contribution in [0.5, 0.6) is 0 Å². The second kappa shape index (κ2) is 15.7. The number of rotatable bonds is 7. The SMILES string of the molecule is CC1(C)c2ccccc2-c2cccc(-c3cccc(N(c4ccc(-c5ccc6c(c5)C(C)(c5ccccc5)c5ccccc5-6)cc4)c4cccc(-c5cccc6oc7c8ccccc8ccc7c56)c4)c3)c21. The highest BCUT2D eigenvalue weighted by molar-refractivity contribution is 6.19. The maximum Gasteiger partial charge on any atom is 0.143 e. The van der Waals surface area contributed by atoms with Crippen LogP contribution in [0.3, 0.4) is 0 Å². The molecular formula is C69H49NO. The summed E-state index contributed by atoms with van der Waals surface area (Å²) in [6.07, 6.45) is 0. The van der Waals surface area contributed by atoms with E-state index >= 15 is 0 Å². The minimum Gasteiger partial charge on any atom is -0.455 e. The van der Waals surface area contributed by atoms with Crippen molar-refractivity contribution in [2.45, 2.75) is 31.6 Å². The van der Waals surface area contributed by atoms with E-state index in [1.807, 2.05) is 0 Å². The van der Waals surface area contributed by atoms with Crippen molar-refractivity contribution in [3.8, 4) is 55.6 Å². The highest BCUT2D eigenvalue weighted by atomic mass is 16.3. The van der Waals surface area contributed by atoms with Crippen molar-refractivity contribution in [2.75, 3.05) is 4.90 Å². The van der Waals surface area contributed by atoms with Gasteiger partial charge in [-0.2, -0.15) is 0 Å². The van der Waals surface area contributed by atoms with E-state index in [9.17, 15) is 0 Å². The summed E-state index contributed by atoms with van der Waals surface area (Å²) in [7, 11) is 0. The maximum atomic E-state index is 6.68. The molecule has 1 unspecified atom stereocenters. The molecular weight excluding hydrogens is 859 g/mol. The first kappa shape index (κ1) is 41.3. The van der Waals surface area contributed by atoms with E-state index in [0.29, 0.717) is 0 Å². The van der Waals surface area contributed by atoms with E-state index in [0.717, 1.165) is 55.5 Å². The molecule has 1 atom stereocenters. The standard InChI is InChI=1S/C69H49NO/c1-68(2)61-30-11-9-26-57(61)59-29-15-28-54(66(59)68)48-19-14-23-52(42-48)70(51-22-13-18-47(41-51)53-27-16-32-64-65(53)60-40-35-45-17-7-8-24-55(45)67(60)71-64)50-37-33-44(34-38-50)46-36-39-58-56-25-10-12-31-62(56)69(3,63(58)43-46)49-20-5-4-6-21-49/h4-43H,1-3H3. The Morgan fingerprint density at radius 3 is 1.73 bits per heavy atom. The predicted octanol–water partition coefficient (Wildman–Crippen LogP) is 18.9. The maximum absolute atomic E-state index is 6.68. The van der Waals surface area contributed by atoms with Gasteiger partial charge in [0.1, 0.15) is 11.2 Å². The van der Waals surface area contributed by atoms with Crippen LogP contribution in [0.2, 0.25) is 0 Å². The van der Waals surface area contributed by atoms with Crippen molar-refractivity contribution in [3.05, 3.63) is 270 Å². The Kier molecular flexibility index (Phi) is 9.10. The van der Waals surface area contributed by atoms with Gasteiger partial charge >= 0.3 is 0 Å². The number of furan rings is 1. The van der Waals surface area contributed by atoms with Gasteiger partial charge in [0.25, 0.3) is 0 Å². The van der Waals surface area contributed by atoms with Gasteiger partial charge in [0.05, 0.1) is 0 Å². The molecule has 2 aliphatic rings. The van der Waals surface area contributed by atoms with Gasteiger partial charge in [0.15, 0.2) is 0 Å². The number of nitrogens with zero attached hydrogens (tertiary/aromatic N) is 1. The van der Waals surface area contributed by atoms with Crippen LogP contribution in [-0.2, 0) is 10.8 Å². The summed E-state index contributed by atoms with van der Waals surface area (Å²) >= 11 is 0.